The average molecular weight is 517 g/mol. The van der Waals surface area contributed by atoms with E-state index in [2.05, 4.69) is 25.8 Å². The van der Waals surface area contributed by atoms with Crippen LogP contribution in [0.2, 0.25) is 0 Å². The Morgan fingerprint density at radius 1 is 1.06 bits per heavy atom. The van der Waals surface area contributed by atoms with Crippen molar-refractivity contribution in [2.75, 3.05) is 52.5 Å². The molecule has 1 aliphatic rings. The number of methoxy groups -OCH3 is 3. The van der Waals surface area contributed by atoms with Crippen LogP contribution >= 0.6 is 15.9 Å². The Labute approximate surface area is 200 Å². The largest absolute Gasteiger partial charge is 0.495 e. The molecule has 1 atom stereocenters. The summed E-state index contributed by atoms with van der Waals surface area (Å²) in [4.78, 5) is 19.8. The molecule has 0 aliphatic carbocycles. The molecule has 0 amide bonds. The number of Topliss-reactive ketones (excluding diaryl/α,β-unsaturated/α-hetero) is 1. The van der Waals surface area contributed by atoms with E-state index in [-0.39, 0.29) is 11.7 Å². The molecular weight excluding hydrogens is 492 g/mol. The minimum Gasteiger partial charge on any atom is -0.495 e. The highest BCUT2D eigenvalue weighted by atomic mass is 79.9. The van der Waals surface area contributed by atoms with Crippen molar-refractivity contribution in [2.45, 2.75) is 6.10 Å². The van der Waals surface area contributed by atoms with E-state index >= 15 is 0 Å². The van der Waals surface area contributed by atoms with Crippen LogP contribution in [0.4, 0.5) is 5.69 Å². The summed E-state index contributed by atoms with van der Waals surface area (Å²) in [5.41, 5.74) is 2.99. The van der Waals surface area contributed by atoms with Crippen LogP contribution in [-0.2, 0) is 9.47 Å². The summed E-state index contributed by atoms with van der Waals surface area (Å²) < 4.78 is 27.9. The second kappa shape index (κ2) is 10.4. The van der Waals surface area contributed by atoms with Gasteiger partial charge in [-0.3, -0.25) is 4.79 Å². The fraction of sp³-hybridized carbons (Fsp3) is 0.333. The Balaban J connectivity index is 1.55. The Kier molecular flexibility index (Phi) is 7.32. The topological polar surface area (TPSA) is 83.3 Å². The predicted molar refractivity (Wildman–Crippen MR) is 126 cm³/mol. The van der Waals surface area contributed by atoms with Crippen LogP contribution in [0, 0.1) is 0 Å². The number of oxazole rings is 1. The van der Waals surface area contributed by atoms with E-state index in [0.717, 1.165) is 24.3 Å². The molecule has 0 N–H and O–H groups in total. The van der Waals surface area contributed by atoms with Gasteiger partial charge in [0.1, 0.15) is 27.9 Å². The van der Waals surface area contributed by atoms with E-state index in [9.17, 15) is 4.79 Å². The maximum atomic E-state index is 13.1. The lowest BCUT2D eigenvalue weighted by molar-refractivity contribution is 0.0569. The van der Waals surface area contributed by atoms with Gasteiger partial charge in [0.2, 0.25) is 0 Å². The van der Waals surface area contributed by atoms with Crippen LogP contribution in [0.15, 0.2) is 51.6 Å². The predicted octanol–water partition coefficient (Wildman–Crippen LogP) is 4.53. The van der Waals surface area contributed by atoms with Crippen LogP contribution in [-0.4, -0.2) is 58.4 Å². The third kappa shape index (κ3) is 4.90. The minimum absolute atomic E-state index is 0.0324. The molecule has 1 aromatic heterocycles. The van der Waals surface area contributed by atoms with Gasteiger partial charge in [-0.15, -0.1) is 0 Å². The second-order valence-electron chi connectivity index (χ2n) is 7.40. The van der Waals surface area contributed by atoms with Crippen molar-refractivity contribution in [3.63, 3.8) is 0 Å². The second-order valence-corrected chi connectivity index (χ2v) is 8.20. The molecule has 1 aliphatic heterocycles. The number of carbonyl (C=O) groups is 1. The number of carbonyl (C=O) groups excluding carboxylic acids is 1. The van der Waals surface area contributed by atoms with E-state index in [1.54, 1.807) is 26.4 Å². The van der Waals surface area contributed by atoms with E-state index in [4.69, 9.17) is 23.4 Å². The molecule has 1 unspecified atom stereocenters. The maximum absolute atomic E-state index is 13.1. The summed E-state index contributed by atoms with van der Waals surface area (Å²) in [7, 11) is 4.62. The van der Waals surface area contributed by atoms with E-state index < -0.39 is 6.10 Å². The lowest BCUT2D eigenvalue weighted by atomic mass is 10.0. The highest BCUT2D eigenvalue weighted by molar-refractivity contribution is 9.10. The van der Waals surface area contributed by atoms with Gasteiger partial charge in [0.25, 0.3) is 11.7 Å². The van der Waals surface area contributed by atoms with E-state index in [1.165, 1.54) is 13.4 Å². The number of hydrogen-bond acceptors (Lipinski definition) is 8. The average Bonchev–Trinajstić information content (AvgIpc) is 3.36. The number of nitrogens with zero attached hydrogens (tertiary/aromatic N) is 2. The monoisotopic (exact) mass is 516 g/mol. The van der Waals surface area contributed by atoms with E-state index in [0.29, 0.717) is 40.4 Å². The summed E-state index contributed by atoms with van der Waals surface area (Å²) in [5, 5.41) is 0. The fourth-order valence-corrected chi connectivity index (χ4v) is 4.28. The highest BCUT2D eigenvalue weighted by Crippen LogP contribution is 2.39. The minimum atomic E-state index is -0.829. The molecule has 0 radical (unpaired) electrons. The Morgan fingerprint density at radius 3 is 2.27 bits per heavy atom. The van der Waals surface area contributed by atoms with Gasteiger partial charge in [-0.1, -0.05) is 12.1 Å². The molecule has 3 aromatic rings. The van der Waals surface area contributed by atoms with Gasteiger partial charge in [0.05, 0.1) is 27.4 Å². The maximum Gasteiger partial charge on any atom is 0.266 e. The Morgan fingerprint density at radius 2 is 1.70 bits per heavy atom. The quantitative estimate of drug-likeness (QED) is 0.404. The lowest BCUT2D eigenvalue weighted by Crippen LogP contribution is -2.36. The third-order valence-electron chi connectivity index (χ3n) is 5.50. The molecule has 0 spiro atoms. The van der Waals surface area contributed by atoms with Crippen molar-refractivity contribution < 1.29 is 28.2 Å². The van der Waals surface area contributed by atoms with E-state index in [1.807, 2.05) is 24.3 Å². The highest BCUT2D eigenvalue weighted by Gasteiger charge is 2.27. The Bertz CT molecular complexity index is 1080. The molecule has 1 fully saturated rings. The number of anilines is 1. The van der Waals surface area contributed by atoms with Crippen molar-refractivity contribution >= 4 is 27.4 Å². The van der Waals surface area contributed by atoms with Crippen molar-refractivity contribution in [2.24, 2.45) is 0 Å². The van der Waals surface area contributed by atoms with Gasteiger partial charge in [0, 0.05) is 31.5 Å². The fourth-order valence-electron chi connectivity index (χ4n) is 3.72. The first-order valence-electron chi connectivity index (χ1n) is 10.4. The molecule has 33 heavy (non-hydrogen) atoms. The van der Waals surface area contributed by atoms with Crippen molar-refractivity contribution in [1.29, 1.82) is 0 Å². The number of benzene rings is 2. The Hall–Kier alpha value is -2.88. The summed E-state index contributed by atoms with van der Waals surface area (Å²) in [6.45, 7) is 3.11. The van der Waals surface area contributed by atoms with Crippen molar-refractivity contribution in [3.8, 4) is 22.8 Å². The molecule has 2 heterocycles. The SMILES string of the molecule is COc1cc(-c2coc(C(=O)C(OC)c3ccc(N4CCOCC4)cc3)n2)cc(OC)c1Br. The van der Waals surface area contributed by atoms with Crippen LogP contribution < -0.4 is 14.4 Å². The first-order valence-corrected chi connectivity index (χ1v) is 11.2. The zero-order valence-corrected chi connectivity index (χ0v) is 20.3. The zero-order chi connectivity index (χ0) is 23.4. The third-order valence-corrected chi connectivity index (χ3v) is 6.28. The molecule has 1 saturated heterocycles. The van der Waals surface area contributed by atoms with Crippen LogP contribution in [0.5, 0.6) is 11.5 Å². The molecule has 2 aromatic carbocycles. The van der Waals surface area contributed by atoms with Crippen molar-refractivity contribution in [3.05, 3.63) is 58.6 Å². The van der Waals surface area contributed by atoms with Crippen LogP contribution in [0.3, 0.4) is 0 Å². The number of morpholine rings is 1. The summed E-state index contributed by atoms with van der Waals surface area (Å²) in [6.07, 6.45) is 0.605. The standard InChI is InChI=1S/C24H25BrN2O6/c1-29-19-12-16(13-20(30-2)21(19)25)18-14-33-24(26-18)22(28)23(31-3)15-4-6-17(7-5-15)27-8-10-32-11-9-27/h4-7,12-14,23H,8-11H2,1-3H3. The first-order chi connectivity index (χ1) is 16.0. The lowest BCUT2D eigenvalue weighted by Gasteiger charge is -2.29. The number of rotatable bonds is 8. The summed E-state index contributed by atoms with van der Waals surface area (Å²) in [5.74, 6) is 0.763. The van der Waals surface area contributed by atoms with Gasteiger partial charge in [-0.05, 0) is 45.8 Å². The van der Waals surface area contributed by atoms with Crippen molar-refractivity contribution in [1.82, 2.24) is 4.98 Å². The zero-order valence-electron chi connectivity index (χ0n) is 18.7. The summed E-state index contributed by atoms with van der Waals surface area (Å²) in [6, 6.07) is 11.3. The molecule has 9 heteroatoms. The number of ketones is 1. The molecule has 8 nitrogen and oxygen atoms in total. The van der Waals surface area contributed by atoms with Gasteiger partial charge in [0.15, 0.2) is 6.10 Å². The molecular formula is C24H25BrN2O6. The number of ether oxygens (including phenoxy) is 4. The van der Waals surface area contributed by atoms with Crippen LogP contribution in [0.1, 0.15) is 22.4 Å². The molecule has 4 rings (SSSR count). The first kappa shape index (κ1) is 23.3. The van der Waals surface area contributed by atoms with Gasteiger partial charge < -0.3 is 28.3 Å². The van der Waals surface area contributed by atoms with Gasteiger partial charge in [-0.25, -0.2) is 4.98 Å². The summed E-state index contributed by atoms with van der Waals surface area (Å²) >= 11 is 3.45. The molecule has 0 bridgehead atoms. The number of hydrogen-bond donors (Lipinski definition) is 0. The molecule has 174 valence electrons. The van der Waals surface area contributed by atoms with Gasteiger partial charge >= 0.3 is 0 Å². The normalized spacial score (nSPS) is 14.7. The van der Waals surface area contributed by atoms with Gasteiger partial charge in [-0.2, -0.15) is 0 Å². The molecule has 0 saturated carbocycles. The smallest absolute Gasteiger partial charge is 0.266 e. The number of halogens is 1. The van der Waals surface area contributed by atoms with Crippen LogP contribution in [0.25, 0.3) is 11.3 Å². The number of aromatic nitrogens is 1.